The van der Waals surface area contributed by atoms with Crippen LogP contribution in [0.2, 0.25) is 0 Å². The third-order valence-electron chi connectivity index (χ3n) is 4.26. The lowest BCUT2D eigenvalue weighted by Gasteiger charge is -2.26. The predicted octanol–water partition coefficient (Wildman–Crippen LogP) is 1.69. The quantitative estimate of drug-likeness (QED) is 0.385. The van der Waals surface area contributed by atoms with E-state index >= 15 is 0 Å². The molecule has 1 aromatic rings. The number of piperidine rings is 1. The highest BCUT2D eigenvalue weighted by molar-refractivity contribution is 7.89. The molecule has 0 aliphatic carbocycles. The molecule has 8 heteroatoms. The first-order chi connectivity index (χ1) is 12.5. The number of nitrogens with zero attached hydrogens (tertiary/aromatic N) is 2. The molecule has 1 aliphatic rings. The van der Waals surface area contributed by atoms with Gasteiger partial charge in [0.25, 0.3) is 0 Å². The van der Waals surface area contributed by atoms with Crippen LogP contribution in [-0.4, -0.2) is 51.5 Å². The fourth-order valence-corrected chi connectivity index (χ4v) is 4.41. The first-order valence-electron chi connectivity index (χ1n) is 9.24. The molecule has 1 aliphatic heterocycles. The van der Waals surface area contributed by atoms with Crippen LogP contribution in [0, 0.1) is 0 Å². The largest absolute Gasteiger partial charge is 0.382 e. The number of sulfonamides is 1. The number of rotatable bonds is 9. The van der Waals surface area contributed by atoms with Crippen molar-refractivity contribution in [1.82, 2.24) is 9.62 Å². The molecular weight excluding hydrogens is 352 g/mol. The topological polar surface area (TPSA) is 97.0 Å². The molecule has 0 amide bonds. The zero-order valence-corrected chi connectivity index (χ0v) is 16.3. The van der Waals surface area contributed by atoms with Gasteiger partial charge in [0, 0.05) is 32.8 Å². The van der Waals surface area contributed by atoms with E-state index in [1.807, 2.05) is 13.0 Å². The lowest BCUT2D eigenvalue weighted by molar-refractivity contribution is 0.145. The molecule has 0 unspecified atom stereocenters. The summed E-state index contributed by atoms with van der Waals surface area (Å²) in [6, 6.07) is 6.96. The summed E-state index contributed by atoms with van der Waals surface area (Å²) in [7, 11) is -3.42. The van der Waals surface area contributed by atoms with E-state index in [2.05, 4.69) is 10.3 Å². The molecule has 7 nitrogen and oxygen atoms in total. The Morgan fingerprint density at radius 1 is 1.31 bits per heavy atom. The smallest absolute Gasteiger partial charge is 0.243 e. The molecule has 1 aromatic carbocycles. The van der Waals surface area contributed by atoms with Crippen molar-refractivity contribution in [1.29, 1.82) is 0 Å². The summed E-state index contributed by atoms with van der Waals surface area (Å²) in [5.74, 6) is 0.353. The monoisotopic (exact) mass is 382 g/mol. The summed E-state index contributed by atoms with van der Waals surface area (Å²) in [5, 5.41) is 3.03. The molecular formula is C18H30N4O3S. The van der Waals surface area contributed by atoms with Crippen molar-refractivity contribution >= 4 is 16.0 Å². The van der Waals surface area contributed by atoms with E-state index in [-0.39, 0.29) is 0 Å². The summed E-state index contributed by atoms with van der Waals surface area (Å²) >= 11 is 0. The minimum Gasteiger partial charge on any atom is -0.382 e. The number of nitrogens with two attached hydrogens (primary N) is 1. The van der Waals surface area contributed by atoms with Crippen LogP contribution >= 0.6 is 0 Å². The van der Waals surface area contributed by atoms with Crippen molar-refractivity contribution in [2.45, 2.75) is 44.0 Å². The van der Waals surface area contributed by atoms with E-state index in [1.165, 1.54) is 0 Å². The van der Waals surface area contributed by atoms with E-state index in [0.29, 0.717) is 50.2 Å². The second-order valence-electron chi connectivity index (χ2n) is 6.29. The second kappa shape index (κ2) is 10.5. The molecule has 0 bridgehead atoms. The molecule has 0 radical (unpaired) electrons. The minimum absolute atomic E-state index is 0.329. The normalized spacial score (nSPS) is 16.6. The van der Waals surface area contributed by atoms with Gasteiger partial charge in [-0.25, -0.2) is 13.4 Å². The van der Waals surface area contributed by atoms with Crippen molar-refractivity contribution in [3.63, 3.8) is 0 Å². The second-order valence-corrected chi connectivity index (χ2v) is 8.23. The van der Waals surface area contributed by atoms with Gasteiger partial charge in [-0.05, 0) is 43.9 Å². The number of hydrogen-bond donors (Lipinski definition) is 2. The van der Waals surface area contributed by atoms with Crippen LogP contribution in [0.3, 0.4) is 0 Å². The maximum atomic E-state index is 12.7. The molecule has 1 heterocycles. The van der Waals surface area contributed by atoms with Gasteiger partial charge >= 0.3 is 0 Å². The zero-order valence-electron chi connectivity index (χ0n) is 15.5. The molecule has 3 N–H and O–H groups in total. The summed E-state index contributed by atoms with van der Waals surface area (Å²) < 4.78 is 32.3. The van der Waals surface area contributed by atoms with Gasteiger partial charge in [0.1, 0.15) is 0 Å². The number of ether oxygens (including phenoxy) is 1. The molecule has 0 spiro atoms. The first-order valence-corrected chi connectivity index (χ1v) is 10.7. The van der Waals surface area contributed by atoms with Crippen molar-refractivity contribution in [3.8, 4) is 0 Å². The van der Waals surface area contributed by atoms with Crippen molar-refractivity contribution in [2.24, 2.45) is 10.7 Å². The molecule has 1 saturated heterocycles. The Kier molecular flexibility index (Phi) is 8.34. The predicted molar refractivity (Wildman–Crippen MR) is 103 cm³/mol. The van der Waals surface area contributed by atoms with Gasteiger partial charge in [-0.3, -0.25) is 0 Å². The summed E-state index contributed by atoms with van der Waals surface area (Å²) in [6.07, 6.45) is 3.80. The molecule has 0 saturated carbocycles. The molecule has 26 heavy (non-hydrogen) atoms. The third kappa shape index (κ3) is 6.26. The van der Waals surface area contributed by atoms with Crippen molar-refractivity contribution in [2.75, 3.05) is 32.8 Å². The lowest BCUT2D eigenvalue weighted by atomic mass is 10.2. The summed E-state index contributed by atoms with van der Waals surface area (Å²) in [5.41, 5.74) is 6.67. The first kappa shape index (κ1) is 20.7. The molecule has 0 atom stereocenters. The molecule has 1 fully saturated rings. The molecule has 146 valence electrons. The Balaban J connectivity index is 1.93. The van der Waals surface area contributed by atoms with Crippen LogP contribution < -0.4 is 11.1 Å². The lowest BCUT2D eigenvalue weighted by Crippen LogP contribution is -2.35. The van der Waals surface area contributed by atoms with Crippen molar-refractivity contribution < 1.29 is 13.2 Å². The number of aliphatic imine (C=N–C) groups is 1. The molecule has 0 aromatic heterocycles. The van der Waals surface area contributed by atoms with E-state index in [0.717, 1.165) is 31.2 Å². The van der Waals surface area contributed by atoms with E-state index in [4.69, 9.17) is 10.5 Å². The van der Waals surface area contributed by atoms with Gasteiger partial charge in [-0.2, -0.15) is 4.31 Å². The van der Waals surface area contributed by atoms with Gasteiger partial charge in [0.15, 0.2) is 5.96 Å². The fraction of sp³-hybridized carbons (Fsp3) is 0.611. The third-order valence-corrected chi connectivity index (χ3v) is 6.15. The van der Waals surface area contributed by atoms with Gasteiger partial charge in [0.05, 0.1) is 11.4 Å². The average Bonchev–Trinajstić information content (AvgIpc) is 2.67. The Labute approximate surface area is 156 Å². The fourth-order valence-electron chi connectivity index (χ4n) is 2.83. The van der Waals surface area contributed by atoms with Gasteiger partial charge < -0.3 is 15.8 Å². The van der Waals surface area contributed by atoms with Crippen LogP contribution in [0.4, 0.5) is 0 Å². The zero-order chi connectivity index (χ0) is 18.8. The van der Waals surface area contributed by atoms with Crippen molar-refractivity contribution in [3.05, 3.63) is 29.8 Å². The SMILES string of the molecule is CCOCCCNC(N)=NCc1cccc(S(=O)(=O)N2CCCCC2)c1. The van der Waals surface area contributed by atoms with E-state index < -0.39 is 10.0 Å². The van der Waals surface area contributed by atoms with Gasteiger partial charge in [-0.15, -0.1) is 0 Å². The number of nitrogens with one attached hydrogen (secondary N) is 1. The standard InChI is InChI=1S/C18H30N4O3S/c1-2-25-13-7-10-20-18(19)21-15-16-8-6-9-17(14-16)26(23,24)22-11-4-3-5-12-22/h6,8-9,14H,2-5,7,10-13,15H2,1H3,(H3,19,20,21). The maximum absolute atomic E-state index is 12.7. The number of benzene rings is 1. The van der Waals surface area contributed by atoms with Crippen LogP contribution in [-0.2, 0) is 21.3 Å². The Morgan fingerprint density at radius 2 is 2.08 bits per heavy atom. The van der Waals surface area contributed by atoms with Crippen LogP contribution in [0.5, 0.6) is 0 Å². The maximum Gasteiger partial charge on any atom is 0.243 e. The number of hydrogen-bond acceptors (Lipinski definition) is 4. The van der Waals surface area contributed by atoms with Crippen LogP contribution in [0.15, 0.2) is 34.2 Å². The highest BCUT2D eigenvalue weighted by Gasteiger charge is 2.25. The Morgan fingerprint density at radius 3 is 2.81 bits per heavy atom. The summed E-state index contributed by atoms with van der Waals surface area (Å²) in [6.45, 7) is 5.59. The summed E-state index contributed by atoms with van der Waals surface area (Å²) in [4.78, 5) is 4.61. The minimum atomic E-state index is -3.42. The average molecular weight is 383 g/mol. The van der Waals surface area contributed by atoms with Crippen LogP contribution in [0.25, 0.3) is 0 Å². The highest BCUT2D eigenvalue weighted by atomic mass is 32.2. The van der Waals surface area contributed by atoms with Crippen LogP contribution in [0.1, 0.15) is 38.2 Å². The van der Waals surface area contributed by atoms with E-state index in [1.54, 1.807) is 22.5 Å². The number of guanidine groups is 1. The van der Waals surface area contributed by atoms with Gasteiger partial charge in [-0.1, -0.05) is 18.6 Å². The van der Waals surface area contributed by atoms with E-state index in [9.17, 15) is 8.42 Å². The Bertz CT molecular complexity index is 685. The molecule has 2 rings (SSSR count). The van der Waals surface area contributed by atoms with Gasteiger partial charge in [0.2, 0.25) is 10.0 Å². The highest BCUT2D eigenvalue weighted by Crippen LogP contribution is 2.21. The Hall–Kier alpha value is -1.64.